The first-order valence-corrected chi connectivity index (χ1v) is 13.6. The van der Waals surface area contributed by atoms with Crippen molar-refractivity contribution in [3.05, 3.63) is 89.7 Å². The molecule has 3 aromatic carbocycles. The van der Waals surface area contributed by atoms with Gasteiger partial charge in [-0.15, -0.1) is 0 Å². The van der Waals surface area contributed by atoms with Crippen LogP contribution in [-0.2, 0) is 26.2 Å². The molecule has 10 heteroatoms. The number of amides is 2. The summed E-state index contributed by atoms with van der Waals surface area (Å²) >= 11 is 0. The van der Waals surface area contributed by atoms with Crippen LogP contribution in [0.25, 0.3) is 0 Å². The van der Waals surface area contributed by atoms with Gasteiger partial charge in [0.05, 0.1) is 17.7 Å². The number of hydrogen-bond donors (Lipinski definition) is 1. The lowest BCUT2D eigenvalue weighted by Gasteiger charge is -2.32. The minimum Gasteiger partial charge on any atom is -0.497 e. The van der Waals surface area contributed by atoms with Crippen molar-refractivity contribution < 1.29 is 27.1 Å². The van der Waals surface area contributed by atoms with E-state index in [4.69, 9.17) is 4.74 Å². The lowest BCUT2D eigenvalue weighted by Crippen LogP contribution is -2.51. The van der Waals surface area contributed by atoms with Gasteiger partial charge in [-0.25, -0.2) is 12.8 Å². The molecule has 0 heterocycles. The van der Waals surface area contributed by atoms with Gasteiger partial charge < -0.3 is 15.0 Å². The van der Waals surface area contributed by atoms with Crippen molar-refractivity contribution in [3.8, 4) is 5.75 Å². The molecular formula is C28H32FN3O5S. The van der Waals surface area contributed by atoms with Gasteiger partial charge in [-0.05, 0) is 74.9 Å². The molecule has 0 radical (unpaired) electrons. The Kier molecular flexibility index (Phi) is 9.46. The van der Waals surface area contributed by atoms with Gasteiger partial charge in [0.1, 0.15) is 24.2 Å². The molecule has 0 saturated carbocycles. The number of rotatable bonds is 11. The Balaban J connectivity index is 2.01. The summed E-state index contributed by atoms with van der Waals surface area (Å²) in [5.74, 6) is -1.04. The van der Waals surface area contributed by atoms with Gasteiger partial charge in [0.25, 0.3) is 10.0 Å². The fourth-order valence-corrected chi connectivity index (χ4v) is 5.22. The predicted octanol–water partition coefficient (Wildman–Crippen LogP) is 3.89. The molecule has 0 bridgehead atoms. The zero-order valence-electron chi connectivity index (χ0n) is 21.8. The van der Waals surface area contributed by atoms with Crippen LogP contribution in [0, 0.1) is 12.7 Å². The third-order valence-electron chi connectivity index (χ3n) is 6.03. The number of methoxy groups -OCH3 is 1. The van der Waals surface area contributed by atoms with Crippen molar-refractivity contribution in [1.29, 1.82) is 0 Å². The molecule has 1 atom stereocenters. The molecule has 0 spiro atoms. The standard InChI is InChI=1S/C28H32FN3O5S/c1-5-30-28(34)21(3)31(18-22-8-6-20(2)7-9-22)27(33)19-32(24-12-10-23(29)11-13-24)38(35,36)26-16-14-25(37-4)15-17-26/h6-17,21H,5,18-19H2,1-4H3,(H,30,34)/t21-/m1/s1. The van der Waals surface area contributed by atoms with Crippen LogP contribution in [0.3, 0.4) is 0 Å². The van der Waals surface area contributed by atoms with Gasteiger partial charge in [-0.2, -0.15) is 0 Å². The zero-order valence-corrected chi connectivity index (χ0v) is 22.7. The summed E-state index contributed by atoms with van der Waals surface area (Å²) in [4.78, 5) is 27.7. The highest BCUT2D eigenvalue weighted by Crippen LogP contribution is 2.26. The lowest BCUT2D eigenvalue weighted by atomic mass is 10.1. The molecule has 1 N–H and O–H groups in total. The van der Waals surface area contributed by atoms with Crippen molar-refractivity contribution in [3.63, 3.8) is 0 Å². The van der Waals surface area contributed by atoms with Crippen LogP contribution in [0.2, 0.25) is 0 Å². The second kappa shape index (κ2) is 12.6. The van der Waals surface area contributed by atoms with Gasteiger partial charge in [0.2, 0.25) is 11.8 Å². The lowest BCUT2D eigenvalue weighted by molar-refractivity contribution is -0.139. The number of sulfonamides is 1. The maximum Gasteiger partial charge on any atom is 0.264 e. The van der Waals surface area contributed by atoms with Crippen LogP contribution < -0.4 is 14.4 Å². The van der Waals surface area contributed by atoms with Crippen LogP contribution in [0.1, 0.15) is 25.0 Å². The van der Waals surface area contributed by atoms with E-state index in [0.29, 0.717) is 12.3 Å². The topological polar surface area (TPSA) is 96.0 Å². The maximum atomic E-state index is 13.7. The molecule has 38 heavy (non-hydrogen) atoms. The summed E-state index contributed by atoms with van der Waals surface area (Å²) in [5, 5.41) is 2.72. The van der Waals surface area contributed by atoms with E-state index >= 15 is 0 Å². The summed E-state index contributed by atoms with van der Waals surface area (Å²) in [7, 11) is -2.78. The Morgan fingerprint density at radius 3 is 2.13 bits per heavy atom. The first kappa shape index (κ1) is 28.6. The molecule has 0 saturated heterocycles. The molecule has 0 aliphatic rings. The molecule has 0 unspecified atom stereocenters. The predicted molar refractivity (Wildman–Crippen MR) is 144 cm³/mol. The van der Waals surface area contributed by atoms with Crippen molar-refractivity contribution >= 4 is 27.5 Å². The van der Waals surface area contributed by atoms with Gasteiger partial charge in [0, 0.05) is 13.1 Å². The number of benzene rings is 3. The summed E-state index contributed by atoms with van der Waals surface area (Å²) in [6, 6.07) is 17.2. The van der Waals surface area contributed by atoms with E-state index in [-0.39, 0.29) is 23.0 Å². The molecule has 0 aliphatic carbocycles. The van der Waals surface area contributed by atoms with E-state index in [1.165, 1.54) is 48.4 Å². The van der Waals surface area contributed by atoms with Crippen molar-refractivity contribution in [2.45, 2.75) is 38.3 Å². The molecule has 0 fully saturated rings. The van der Waals surface area contributed by atoms with E-state index < -0.39 is 34.3 Å². The second-order valence-electron chi connectivity index (χ2n) is 8.74. The molecule has 8 nitrogen and oxygen atoms in total. The Labute approximate surface area is 223 Å². The number of carbonyl (C=O) groups excluding carboxylic acids is 2. The summed E-state index contributed by atoms with van der Waals surface area (Å²) in [5.41, 5.74) is 1.93. The number of ether oxygens (including phenoxy) is 1. The third-order valence-corrected chi connectivity index (χ3v) is 7.82. The maximum absolute atomic E-state index is 13.7. The first-order valence-electron chi connectivity index (χ1n) is 12.1. The van der Waals surface area contributed by atoms with Crippen molar-refractivity contribution in [2.75, 3.05) is 24.5 Å². The summed E-state index contributed by atoms with van der Waals surface area (Å²) in [6.07, 6.45) is 0. The van der Waals surface area contributed by atoms with E-state index in [1.807, 2.05) is 31.2 Å². The van der Waals surface area contributed by atoms with Crippen LogP contribution in [0.5, 0.6) is 5.75 Å². The minimum atomic E-state index is -4.25. The average molecular weight is 542 g/mol. The van der Waals surface area contributed by atoms with Gasteiger partial charge in [0.15, 0.2) is 0 Å². The number of carbonyl (C=O) groups is 2. The second-order valence-corrected chi connectivity index (χ2v) is 10.6. The quantitative estimate of drug-likeness (QED) is 0.397. The molecule has 202 valence electrons. The number of aryl methyl sites for hydroxylation is 1. The fraction of sp³-hybridized carbons (Fsp3) is 0.286. The van der Waals surface area contributed by atoms with Crippen LogP contribution in [0.15, 0.2) is 77.7 Å². The van der Waals surface area contributed by atoms with E-state index in [1.54, 1.807) is 13.8 Å². The van der Waals surface area contributed by atoms with Crippen molar-refractivity contribution in [2.24, 2.45) is 0 Å². The number of likely N-dealkylation sites (N-methyl/N-ethyl adjacent to an activating group) is 1. The van der Waals surface area contributed by atoms with E-state index in [2.05, 4.69) is 5.32 Å². The number of hydrogen-bond acceptors (Lipinski definition) is 5. The van der Waals surface area contributed by atoms with Crippen molar-refractivity contribution in [1.82, 2.24) is 10.2 Å². The number of halogens is 1. The Hall–Kier alpha value is -3.92. The molecular weight excluding hydrogens is 509 g/mol. The smallest absolute Gasteiger partial charge is 0.264 e. The van der Waals surface area contributed by atoms with E-state index in [0.717, 1.165) is 27.6 Å². The first-order chi connectivity index (χ1) is 18.1. The number of nitrogens with one attached hydrogen (secondary N) is 1. The minimum absolute atomic E-state index is 0.0720. The zero-order chi connectivity index (χ0) is 27.9. The van der Waals surface area contributed by atoms with E-state index in [9.17, 15) is 22.4 Å². The molecule has 0 aromatic heterocycles. The van der Waals surface area contributed by atoms with Gasteiger partial charge in [-0.1, -0.05) is 29.8 Å². The Morgan fingerprint density at radius 1 is 0.974 bits per heavy atom. The van der Waals surface area contributed by atoms with Crippen LogP contribution in [0.4, 0.5) is 10.1 Å². The highest BCUT2D eigenvalue weighted by atomic mass is 32.2. The molecule has 2 amide bonds. The number of nitrogens with zero attached hydrogens (tertiary/aromatic N) is 2. The fourth-order valence-electron chi connectivity index (χ4n) is 3.81. The SMILES string of the molecule is CCNC(=O)[C@@H](C)N(Cc1ccc(C)cc1)C(=O)CN(c1ccc(F)cc1)S(=O)(=O)c1ccc(OC)cc1. The van der Waals surface area contributed by atoms with Gasteiger partial charge in [-0.3, -0.25) is 13.9 Å². The monoisotopic (exact) mass is 541 g/mol. The summed E-state index contributed by atoms with van der Waals surface area (Å²) in [6.45, 7) is 5.18. The van der Waals surface area contributed by atoms with Crippen LogP contribution >= 0.6 is 0 Å². The molecule has 3 rings (SSSR count). The largest absolute Gasteiger partial charge is 0.497 e. The average Bonchev–Trinajstić information content (AvgIpc) is 2.91. The van der Waals surface area contributed by atoms with Gasteiger partial charge >= 0.3 is 0 Å². The number of anilines is 1. The Morgan fingerprint density at radius 2 is 1.58 bits per heavy atom. The summed E-state index contributed by atoms with van der Waals surface area (Å²) < 4.78 is 47.2. The Bertz CT molecular complexity index is 1340. The third kappa shape index (κ3) is 6.89. The van der Waals surface area contributed by atoms with Crippen LogP contribution in [-0.4, -0.2) is 51.4 Å². The highest BCUT2D eigenvalue weighted by Gasteiger charge is 2.32. The molecule has 0 aliphatic heterocycles. The molecule has 3 aromatic rings. The normalized spacial score (nSPS) is 11.9. The highest BCUT2D eigenvalue weighted by molar-refractivity contribution is 7.92.